The molecule has 0 rings (SSSR count). The number of ketones is 1. The normalized spacial score (nSPS) is 15.6. The zero-order valence-corrected chi connectivity index (χ0v) is 10.2. The van der Waals surface area contributed by atoms with Crippen LogP contribution in [0.5, 0.6) is 0 Å². The lowest BCUT2D eigenvalue weighted by molar-refractivity contribution is -0.160. The third kappa shape index (κ3) is 6.23. The van der Waals surface area contributed by atoms with E-state index in [4.69, 9.17) is 10.5 Å². The topological polar surface area (TPSA) is 69.4 Å². The van der Waals surface area contributed by atoms with Crippen molar-refractivity contribution in [3.63, 3.8) is 0 Å². The first kappa shape index (κ1) is 14.1. The van der Waals surface area contributed by atoms with E-state index >= 15 is 0 Å². The molecule has 0 heterocycles. The van der Waals surface area contributed by atoms with Crippen LogP contribution in [0, 0.1) is 5.92 Å². The first-order valence-electron chi connectivity index (χ1n) is 5.14. The lowest BCUT2D eigenvalue weighted by atomic mass is 10.0. The Hall–Kier alpha value is -0.900. The standard InChI is InChI=1S/C11H21NO3/c1-7(6-9(13)8(2)12)10(14)15-11(3,4)5/h7-8H,6,12H2,1-5H3/t7-,8+/m1/s1. The van der Waals surface area contributed by atoms with Gasteiger partial charge in [-0.05, 0) is 27.7 Å². The first-order chi connectivity index (χ1) is 6.63. The molecule has 0 saturated carbocycles. The second-order valence-corrected chi connectivity index (χ2v) is 4.89. The van der Waals surface area contributed by atoms with E-state index in [0.29, 0.717) is 0 Å². The molecule has 2 atom stereocenters. The lowest BCUT2D eigenvalue weighted by Crippen LogP contribution is -2.32. The van der Waals surface area contributed by atoms with Crippen molar-refractivity contribution in [1.82, 2.24) is 0 Å². The van der Waals surface area contributed by atoms with Crippen LogP contribution in [0.1, 0.15) is 41.0 Å². The van der Waals surface area contributed by atoms with Crippen molar-refractivity contribution >= 4 is 11.8 Å². The van der Waals surface area contributed by atoms with E-state index in [0.717, 1.165) is 0 Å². The monoisotopic (exact) mass is 215 g/mol. The summed E-state index contributed by atoms with van der Waals surface area (Å²) in [6.45, 7) is 8.68. The number of carbonyl (C=O) groups excluding carboxylic acids is 2. The SMILES string of the molecule is C[C@H](N)C(=O)C[C@@H](C)C(=O)OC(C)(C)C. The molecule has 4 nitrogen and oxygen atoms in total. The Morgan fingerprint density at radius 2 is 1.73 bits per heavy atom. The number of hydrogen-bond donors (Lipinski definition) is 1. The van der Waals surface area contributed by atoms with Gasteiger partial charge < -0.3 is 10.5 Å². The van der Waals surface area contributed by atoms with Gasteiger partial charge in [0, 0.05) is 6.42 Å². The number of Topliss-reactive ketones (excluding diaryl/α,β-unsaturated/α-hetero) is 1. The van der Waals surface area contributed by atoms with E-state index in [1.165, 1.54) is 0 Å². The second kappa shape index (κ2) is 5.26. The van der Waals surface area contributed by atoms with Crippen molar-refractivity contribution in [1.29, 1.82) is 0 Å². The van der Waals surface area contributed by atoms with Gasteiger partial charge in [0.15, 0.2) is 0 Å². The number of esters is 1. The summed E-state index contributed by atoms with van der Waals surface area (Å²) in [5, 5.41) is 0. The minimum Gasteiger partial charge on any atom is -0.460 e. The molecule has 88 valence electrons. The van der Waals surface area contributed by atoms with E-state index in [1.54, 1.807) is 34.6 Å². The molecule has 0 aliphatic heterocycles. The third-order valence-electron chi connectivity index (χ3n) is 1.82. The maximum Gasteiger partial charge on any atom is 0.309 e. The quantitative estimate of drug-likeness (QED) is 0.717. The highest BCUT2D eigenvalue weighted by molar-refractivity contribution is 5.87. The van der Waals surface area contributed by atoms with Gasteiger partial charge in [0.1, 0.15) is 11.4 Å². The maximum absolute atomic E-state index is 11.5. The summed E-state index contributed by atoms with van der Waals surface area (Å²) in [5.74, 6) is -0.896. The average molecular weight is 215 g/mol. The number of ether oxygens (including phenoxy) is 1. The van der Waals surface area contributed by atoms with Crippen LogP contribution in [0.25, 0.3) is 0 Å². The smallest absolute Gasteiger partial charge is 0.309 e. The number of hydrogen-bond acceptors (Lipinski definition) is 4. The lowest BCUT2D eigenvalue weighted by Gasteiger charge is -2.22. The van der Waals surface area contributed by atoms with Crippen molar-refractivity contribution in [3.8, 4) is 0 Å². The number of rotatable bonds is 4. The van der Waals surface area contributed by atoms with E-state index in [9.17, 15) is 9.59 Å². The van der Waals surface area contributed by atoms with Crippen molar-refractivity contribution in [2.45, 2.75) is 52.7 Å². The van der Waals surface area contributed by atoms with Crippen molar-refractivity contribution in [2.75, 3.05) is 0 Å². The van der Waals surface area contributed by atoms with Crippen LogP contribution in [0.4, 0.5) is 0 Å². The van der Waals surface area contributed by atoms with Gasteiger partial charge in [-0.2, -0.15) is 0 Å². The van der Waals surface area contributed by atoms with Crippen LogP contribution in [0.15, 0.2) is 0 Å². The fraction of sp³-hybridized carbons (Fsp3) is 0.818. The Morgan fingerprint density at radius 3 is 2.07 bits per heavy atom. The maximum atomic E-state index is 11.5. The zero-order chi connectivity index (χ0) is 12.2. The van der Waals surface area contributed by atoms with Crippen LogP contribution < -0.4 is 5.73 Å². The second-order valence-electron chi connectivity index (χ2n) is 4.89. The minimum atomic E-state index is -0.519. The van der Waals surface area contributed by atoms with Gasteiger partial charge in [-0.15, -0.1) is 0 Å². The summed E-state index contributed by atoms with van der Waals surface area (Å²) >= 11 is 0. The average Bonchev–Trinajstić information content (AvgIpc) is 2.00. The Balaban J connectivity index is 4.17. The Bertz CT molecular complexity index is 241. The molecule has 0 spiro atoms. The van der Waals surface area contributed by atoms with E-state index in [1.807, 2.05) is 0 Å². The summed E-state index contributed by atoms with van der Waals surface area (Å²) in [5.41, 5.74) is 4.90. The molecule has 0 fully saturated rings. The molecule has 0 aliphatic rings. The van der Waals surface area contributed by atoms with E-state index < -0.39 is 17.6 Å². The van der Waals surface area contributed by atoms with Crippen LogP contribution >= 0.6 is 0 Å². The van der Waals surface area contributed by atoms with Gasteiger partial charge in [0.2, 0.25) is 0 Å². The molecule has 0 aliphatic carbocycles. The molecular formula is C11H21NO3. The van der Waals surface area contributed by atoms with Gasteiger partial charge in [-0.1, -0.05) is 6.92 Å². The van der Waals surface area contributed by atoms with E-state index in [-0.39, 0.29) is 18.2 Å². The molecule has 0 aromatic heterocycles. The van der Waals surface area contributed by atoms with Gasteiger partial charge >= 0.3 is 5.97 Å². The highest BCUT2D eigenvalue weighted by atomic mass is 16.6. The number of nitrogens with two attached hydrogens (primary N) is 1. The fourth-order valence-electron chi connectivity index (χ4n) is 0.973. The van der Waals surface area contributed by atoms with Crippen molar-refractivity contribution in [2.24, 2.45) is 11.7 Å². The summed E-state index contributed by atoms with van der Waals surface area (Å²) in [6.07, 6.45) is 0.145. The molecule has 0 radical (unpaired) electrons. The van der Waals surface area contributed by atoms with Crippen molar-refractivity contribution < 1.29 is 14.3 Å². The molecule has 15 heavy (non-hydrogen) atoms. The summed E-state index contributed by atoms with van der Waals surface area (Å²) in [6, 6.07) is -0.519. The predicted molar refractivity (Wildman–Crippen MR) is 58.3 cm³/mol. The van der Waals surface area contributed by atoms with Gasteiger partial charge in [-0.3, -0.25) is 9.59 Å². The Labute approximate surface area is 91.2 Å². The highest BCUT2D eigenvalue weighted by Gasteiger charge is 2.24. The molecule has 0 bridgehead atoms. The highest BCUT2D eigenvalue weighted by Crippen LogP contribution is 2.13. The summed E-state index contributed by atoms with van der Waals surface area (Å²) in [7, 11) is 0. The molecule has 4 heteroatoms. The molecule has 0 unspecified atom stereocenters. The molecule has 2 N–H and O–H groups in total. The Morgan fingerprint density at radius 1 is 1.27 bits per heavy atom. The summed E-state index contributed by atoms with van der Waals surface area (Å²) < 4.78 is 5.15. The fourth-order valence-corrected chi connectivity index (χ4v) is 0.973. The molecular weight excluding hydrogens is 194 g/mol. The molecule has 0 aromatic carbocycles. The largest absolute Gasteiger partial charge is 0.460 e. The van der Waals surface area contributed by atoms with Crippen molar-refractivity contribution in [3.05, 3.63) is 0 Å². The van der Waals surface area contributed by atoms with Crippen LogP contribution in [-0.2, 0) is 14.3 Å². The van der Waals surface area contributed by atoms with Gasteiger partial charge in [0.25, 0.3) is 0 Å². The third-order valence-corrected chi connectivity index (χ3v) is 1.82. The van der Waals surface area contributed by atoms with E-state index in [2.05, 4.69) is 0 Å². The van der Waals surface area contributed by atoms with Crippen LogP contribution in [-0.4, -0.2) is 23.4 Å². The molecule has 0 saturated heterocycles. The van der Waals surface area contributed by atoms with Crippen LogP contribution in [0.3, 0.4) is 0 Å². The predicted octanol–water partition coefficient (Wildman–Crippen LogP) is 1.27. The van der Waals surface area contributed by atoms with Gasteiger partial charge in [-0.25, -0.2) is 0 Å². The Kier molecular flexibility index (Phi) is 4.94. The minimum absolute atomic E-state index is 0.117. The molecule has 0 amide bonds. The van der Waals surface area contributed by atoms with Crippen LogP contribution in [0.2, 0.25) is 0 Å². The zero-order valence-electron chi connectivity index (χ0n) is 10.2. The van der Waals surface area contributed by atoms with Gasteiger partial charge in [0.05, 0.1) is 12.0 Å². The number of carbonyl (C=O) groups is 2. The molecule has 0 aromatic rings. The first-order valence-corrected chi connectivity index (χ1v) is 5.14. The summed E-state index contributed by atoms with van der Waals surface area (Å²) in [4.78, 5) is 22.8.